The van der Waals surface area contributed by atoms with Crippen LogP contribution in [0.5, 0.6) is 0 Å². The van der Waals surface area contributed by atoms with Crippen molar-refractivity contribution in [3.8, 4) is 0 Å². The summed E-state index contributed by atoms with van der Waals surface area (Å²) in [6.45, 7) is 2.28. The normalized spacial score (nSPS) is 18.4. The summed E-state index contributed by atoms with van der Waals surface area (Å²) in [6, 6.07) is 24.3. The molecule has 0 spiro atoms. The zero-order valence-electron chi connectivity index (χ0n) is 27.3. The van der Waals surface area contributed by atoms with Crippen molar-refractivity contribution in [1.29, 1.82) is 0 Å². The molecule has 2 bridgehead atoms. The van der Waals surface area contributed by atoms with Crippen molar-refractivity contribution < 1.29 is 14.6 Å². The smallest absolute Gasteiger partial charge is 0.353 e. The van der Waals surface area contributed by atoms with Gasteiger partial charge in [0, 0.05) is 37.8 Å². The van der Waals surface area contributed by atoms with Gasteiger partial charge in [0.25, 0.3) is 0 Å². The Morgan fingerprint density at radius 1 is 0.935 bits per heavy atom. The van der Waals surface area contributed by atoms with E-state index < -0.39 is 11.6 Å². The van der Waals surface area contributed by atoms with Gasteiger partial charge in [-0.2, -0.15) is 0 Å². The molecule has 4 aromatic rings. The summed E-state index contributed by atoms with van der Waals surface area (Å²) in [6.07, 6.45) is 16.7. The van der Waals surface area contributed by atoms with Crippen molar-refractivity contribution in [3.63, 3.8) is 0 Å². The van der Waals surface area contributed by atoms with E-state index in [9.17, 15) is 9.90 Å². The monoisotopic (exact) mass is 615 g/mol. The van der Waals surface area contributed by atoms with Gasteiger partial charge in [-0.05, 0) is 72.6 Å². The first kappa shape index (κ1) is 31.6. The molecule has 3 heterocycles. The summed E-state index contributed by atoms with van der Waals surface area (Å²) in [5.74, 6) is -0.00524. The summed E-state index contributed by atoms with van der Waals surface area (Å²) < 4.78 is 10.5. The molecule has 1 N–H and O–H groups in total. The van der Waals surface area contributed by atoms with Gasteiger partial charge in [-0.1, -0.05) is 99.7 Å². The van der Waals surface area contributed by atoms with Crippen LogP contribution in [-0.2, 0) is 35.6 Å². The van der Waals surface area contributed by atoms with E-state index in [0.717, 1.165) is 30.7 Å². The number of esters is 1. The van der Waals surface area contributed by atoms with Crippen molar-refractivity contribution in [2.45, 2.75) is 76.2 Å². The lowest BCUT2D eigenvalue weighted by Gasteiger charge is -2.27. The molecule has 46 heavy (non-hydrogen) atoms. The molecule has 2 aromatic carbocycles. The molecule has 1 atom stereocenters. The predicted molar refractivity (Wildman–Crippen MR) is 184 cm³/mol. The van der Waals surface area contributed by atoms with Crippen LogP contribution in [0.4, 0.5) is 0 Å². The third-order valence-corrected chi connectivity index (χ3v) is 9.70. The Morgan fingerprint density at radius 2 is 1.59 bits per heavy atom. The molecule has 0 saturated heterocycles. The number of nitrogens with zero attached hydrogens (tertiary/aromatic N) is 3. The van der Waals surface area contributed by atoms with Crippen molar-refractivity contribution >= 4 is 17.8 Å². The molecule has 2 aromatic heterocycles. The van der Waals surface area contributed by atoms with E-state index in [-0.39, 0.29) is 0 Å². The van der Waals surface area contributed by atoms with Gasteiger partial charge in [-0.3, -0.25) is 0 Å². The molecular formula is C40H45N3O3. The third-order valence-electron chi connectivity index (χ3n) is 9.70. The van der Waals surface area contributed by atoms with Crippen molar-refractivity contribution in [2.24, 2.45) is 19.1 Å². The number of benzene rings is 2. The molecule has 6 nitrogen and oxygen atoms in total. The second-order valence-corrected chi connectivity index (χ2v) is 12.7. The first-order valence-electron chi connectivity index (χ1n) is 16.8. The maximum atomic E-state index is 14.2. The summed E-state index contributed by atoms with van der Waals surface area (Å²) in [7, 11) is 4.12. The minimum absolute atomic E-state index is 0.325. The standard InChI is InChI=1S/C40H45N3O3/c1-4-29-18-11-7-5-6-8-16-23-32-26-33(29)37(43(32)3)27-35-38(28-34(41-35)36-24-17-25-42(36)2)46-39(44)40(45,30-19-12-9-13-20-30)31-21-14-10-15-22-31/h9-10,12-15,17,19-22,24-29,45H,4-8,11,16,18,23H2,1-3H3. The largest absolute Gasteiger partial charge is 0.421 e. The molecule has 0 radical (unpaired) electrons. The summed E-state index contributed by atoms with van der Waals surface area (Å²) >= 11 is 0. The molecule has 0 amide bonds. The van der Waals surface area contributed by atoms with Crippen LogP contribution in [0.25, 0.3) is 6.08 Å². The van der Waals surface area contributed by atoms with Crippen LogP contribution in [-0.4, -0.2) is 25.9 Å². The van der Waals surface area contributed by atoms with E-state index in [1.165, 1.54) is 49.8 Å². The topological polar surface area (TPSA) is 68.8 Å². The van der Waals surface area contributed by atoms with Gasteiger partial charge in [0.1, 0.15) is 5.70 Å². The van der Waals surface area contributed by atoms with Crippen LogP contribution in [0.2, 0.25) is 0 Å². The molecule has 6 heteroatoms. The Hall–Kier alpha value is -4.42. The maximum absolute atomic E-state index is 14.2. The highest BCUT2D eigenvalue weighted by Crippen LogP contribution is 2.37. The molecule has 1 aliphatic heterocycles. The average Bonchev–Trinajstić information content (AvgIpc) is 3.77. The Balaban J connectivity index is 1.44. The Bertz CT molecular complexity index is 1720. The highest BCUT2D eigenvalue weighted by molar-refractivity contribution is 6.11. The van der Waals surface area contributed by atoms with Gasteiger partial charge >= 0.3 is 5.97 Å². The van der Waals surface area contributed by atoms with Crippen molar-refractivity contribution in [3.05, 3.63) is 136 Å². The van der Waals surface area contributed by atoms with E-state index in [4.69, 9.17) is 9.73 Å². The molecule has 2 aliphatic rings. The van der Waals surface area contributed by atoms with Gasteiger partial charge in [-0.25, -0.2) is 9.79 Å². The van der Waals surface area contributed by atoms with Crippen LogP contribution < -0.4 is 0 Å². The highest BCUT2D eigenvalue weighted by atomic mass is 16.6. The van der Waals surface area contributed by atoms with Gasteiger partial charge < -0.3 is 19.0 Å². The lowest BCUT2D eigenvalue weighted by molar-refractivity contribution is -0.157. The highest BCUT2D eigenvalue weighted by Gasteiger charge is 2.43. The summed E-state index contributed by atoms with van der Waals surface area (Å²) in [4.78, 5) is 19.3. The van der Waals surface area contributed by atoms with Crippen LogP contribution in [0.1, 0.15) is 98.0 Å². The Labute approximate surface area is 272 Å². The van der Waals surface area contributed by atoms with Gasteiger partial charge in [0.2, 0.25) is 5.60 Å². The number of ether oxygens (including phenoxy) is 1. The quantitative estimate of drug-likeness (QED) is 0.213. The number of carbonyl (C=O) groups is 1. The molecule has 0 saturated carbocycles. The van der Waals surface area contributed by atoms with Crippen molar-refractivity contribution in [1.82, 2.24) is 9.13 Å². The molecule has 1 aliphatic carbocycles. The zero-order valence-corrected chi connectivity index (χ0v) is 27.3. The molecule has 238 valence electrons. The number of aromatic nitrogens is 2. The summed E-state index contributed by atoms with van der Waals surface area (Å²) in [5, 5.41) is 12.2. The number of allylic oxidation sites excluding steroid dienone is 1. The fourth-order valence-electron chi connectivity index (χ4n) is 6.95. The second kappa shape index (κ2) is 13.9. The fraction of sp³-hybridized carbons (Fsp3) is 0.350. The number of hydrogen-bond donors (Lipinski definition) is 1. The number of rotatable bonds is 7. The van der Waals surface area contributed by atoms with Gasteiger partial charge in [-0.15, -0.1) is 0 Å². The lowest BCUT2D eigenvalue weighted by atomic mass is 9.86. The van der Waals surface area contributed by atoms with E-state index in [1.807, 2.05) is 72.4 Å². The average molecular weight is 616 g/mol. The maximum Gasteiger partial charge on any atom is 0.353 e. The van der Waals surface area contributed by atoms with Gasteiger partial charge in [0.15, 0.2) is 5.76 Å². The lowest BCUT2D eigenvalue weighted by Crippen LogP contribution is -2.38. The minimum Gasteiger partial charge on any atom is -0.421 e. The number of carbonyl (C=O) groups excluding carboxylic acids is 1. The van der Waals surface area contributed by atoms with Crippen LogP contribution in [0.3, 0.4) is 0 Å². The van der Waals surface area contributed by atoms with Crippen LogP contribution in [0.15, 0.2) is 108 Å². The number of hydrogen-bond acceptors (Lipinski definition) is 4. The number of aliphatic hydroxyl groups is 1. The van der Waals surface area contributed by atoms with Crippen molar-refractivity contribution in [2.75, 3.05) is 0 Å². The first-order chi connectivity index (χ1) is 22.4. The Kier molecular flexibility index (Phi) is 9.55. The fourth-order valence-corrected chi connectivity index (χ4v) is 6.95. The minimum atomic E-state index is -2.01. The number of aliphatic imine (C=N–C) groups is 1. The van der Waals surface area contributed by atoms with Crippen LogP contribution in [0, 0.1) is 0 Å². The van der Waals surface area contributed by atoms with Gasteiger partial charge in [0.05, 0.1) is 11.4 Å². The molecular weight excluding hydrogens is 570 g/mol. The molecule has 1 unspecified atom stereocenters. The van der Waals surface area contributed by atoms with E-state index in [2.05, 4.69) is 30.7 Å². The second-order valence-electron chi connectivity index (χ2n) is 12.7. The zero-order chi connectivity index (χ0) is 32.1. The van der Waals surface area contributed by atoms with E-state index in [0.29, 0.717) is 34.2 Å². The SMILES string of the molecule is CCC1CCCCCCCCc2cc1c(C=C1N=C(c3cccn3C)C=C1OC(=O)C(O)(c1ccccc1)c1ccccc1)n2C. The van der Waals surface area contributed by atoms with E-state index >= 15 is 0 Å². The molecule has 0 fully saturated rings. The predicted octanol–water partition coefficient (Wildman–Crippen LogP) is 8.35. The van der Waals surface area contributed by atoms with E-state index in [1.54, 1.807) is 24.3 Å². The van der Waals surface area contributed by atoms with Crippen LogP contribution >= 0.6 is 0 Å². The first-order valence-corrected chi connectivity index (χ1v) is 16.8. The third kappa shape index (κ3) is 6.32. The number of aryl methyl sites for hydroxylation is 2. The Morgan fingerprint density at radius 3 is 2.22 bits per heavy atom. The molecule has 6 rings (SSSR count). The number of fused-ring (bicyclic) bond motifs is 2. The summed E-state index contributed by atoms with van der Waals surface area (Å²) in [5.41, 5.74) is 4.84.